The molecule has 0 atom stereocenters. The number of nitro groups is 1. The van der Waals surface area contributed by atoms with Crippen molar-refractivity contribution < 1.29 is 19.2 Å². The smallest absolute Gasteiger partial charge is 0.362 e. The maximum Gasteiger partial charge on any atom is 0.362 e. The molecular formula is C20H16N4O5. The fraction of sp³-hybridized carbons (Fsp3) is 0.150. The number of ether oxygens (including phenoxy) is 2. The minimum absolute atomic E-state index is 0.0124. The molecule has 0 saturated carbocycles. The standard InChI is InChI=1S/C20H16N4O5/c1-2-28-20(25)19-18(29-13-15-5-3-4-14(10-15)11-21)12-23(22-19)16-6-8-17(9-7-16)24(26)27/h3-10,12H,2,13H2,1H3. The highest BCUT2D eigenvalue weighted by Gasteiger charge is 2.20. The van der Waals surface area contributed by atoms with Gasteiger partial charge in [-0.1, -0.05) is 12.1 Å². The number of aromatic nitrogens is 2. The van der Waals surface area contributed by atoms with Gasteiger partial charge < -0.3 is 9.47 Å². The fourth-order valence-electron chi connectivity index (χ4n) is 2.56. The van der Waals surface area contributed by atoms with Gasteiger partial charge in [-0.15, -0.1) is 0 Å². The van der Waals surface area contributed by atoms with Gasteiger partial charge in [-0.2, -0.15) is 10.4 Å². The van der Waals surface area contributed by atoms with Crippen LogP contribution in [0.4, 0.5) is 5.69 Å². The van der Waals surface area contributed by atoms with Crippen LogP contribution < -0.4 is 4.74 Å². The number of carbonyl (C=O) groups excluding carboxylic acids is 1. The summed E-state index contributed by atoms with van der Waals surface area (Å²) >= 11 is 0. The monoisotopic (exact) mass is 392 g/mol. The van der Waals surface area contributed by atoms with E-state index in [1.807, 2.05) is 0 Å². The molecule has 0 amide bonds. The molecule has 3 rings (SSSR count). The molecule has 3 aromatic rings. The SMILES string of the molecule is CCOC(=O)c1nn(-c2ccc([N+](=O)[O-])cc2)cc1OCc1cccc(C#N)c1. The van der Waals surface area contributed by atoms with E-state index < -0.39 is 10.9 Å². The van der Waals surface area contributed by atoms with Crippen LogP contribution in [0.3, 0.4) is 0 Å². The highest BCUT2D eigenvalue weighted by Crippen LogP contribution is 2.23. The summed E-state index contributed by atoms with van der Waals surface area (Å²) in [7, 11) is 0. The summed E-state index contributed by atoms with van der Waals surface area (Å²) in [6, 6.07) is 14.7. The van der Waals surface area contributed by atoms with E-state index in [4.69, 9.17) is 14.7 Å². The lowest BCUT2D eigenvalue weighted by atomic mass is 10.1. The summed E-state index contributed by atoms with van der Waals surface area (Å²) < 4.78 is 12.2. The Bertz CT molecular complexity index is 1080. The second-order valence-electron chi connectivity index (χ2n) is 5.88. The van der Waals surface area contributed by atoms with Crippen LogP contribution in [0.5, 0.6) is 5.75 Å². The van der Waals surface area contributed by atoms with Gasteiger partial charge in [0.2, 0.25) is 5.69 Å². The van der Waals surface area contributed by atoms with Crippen LogP contribution in [-0.2, 0) is 11.3 Å². The zero-order chi connectivity index (χ0) is 20.8. The molecule has 9 nitrogen and oxygen atoms in total. The third-order valence-corrected chi connectivity index (χ3v) is 3.92. The quantitative estimate of drug-likeness (QED) is 0.343. The van der Waals surface area contributed by atoms with Gasteiger partial charge in [-0.3, -0.25) is 10.1 Å². The lowest BCUT2D eigenvalue weighted by Gasteiger charge is -2.06. The zero-order valence-corrected chi connectivity index (χ0v) is 15.4. The zero-order valence-electron chi connectivity index (χ0n) is 15.4. The molecule has 1 heterocycles. The molecule has 0 spiro atoms. The Morgan fingerprint density at radius 2 is 2.03 bits per heavy atom. The first-order valence-corrected chi connectivity index (χ1v) is 8.65. The fourth-order valence-corrected chi connectivity index (χ4v) is 2.56. The van der Waals surface area contributed by atoms with Crippen molar-refractivity contribution in [2.75, 3.05) is 6.61 Å². The highest BCUT2D eigenvalue weighted by molar-refractivity contribution is 5.90. The molecule has 0 fully saturated rings. The molecule has 0 aliphatic rings. The van der Waals surface area contributed by atoms with Crippen LogP contribution in [0.1, 0.15) is 28.5 Å². The Balaban J connectivity index is 1.89. The van der Waals surface area contributed by atoms with Crippen molar-refractivity contribution in [3.8, 4) is 17.5 Å². The number of non-ortho nitro benzene ring substituents is 1. The van der Waals surface area contributed by atoms with Crippen molar-refractivity contribution in [3.05, 3.63) is 81.7 Å². The van der Waals surface area contributed by atoms with E-state index in [0.717, 1.165) is 5.56 Å². The van der Waals surface area contributed by atoms with E-state index in [0.29, 0.717) is 11.3 Å². The van der Waals surface area contributed by atoms with E-state index in [2.05, 4.69) is 11.2 Å². The molecule has 0 saturated heterocycles. The third-order valence-electron chi connectivity index (χ3n) is 3.92. The first-order chi connectivity index (χ1) is 14.0. The Morgan fingerprint density at radius 1 is 1.28 bits per heavy atom. The van der Waals surface area contributed by atoms with E-state index in [9.17, 15) is 14.9 Å². The van der Waals surface area contributed by atoms with Crippen LogP contribution in [0, 0.1) is 21.4 Å². The van der Waals surface area contributed by atoms with Gasteiger partial charge in [0, 0.05) is 12.1 Å². The number of nitriles is 1. The van der Waals surface area contributed by atoms with Gasteiger partial charge in [0.25, 0.3) is 5.69 Å². The summed E-state index contributed by atoms with van der Waals surface area (Å²) in [6.45, 7) is 1.97. The summed E-state index contributed by atoms with van der Waals surface area (Å²) in [4.78, 5) is 22.6. The molecule has 1 aromatic heterocycles. The summed E-state index contributed by atoms with van der Waals surface area (Å²) in [6.07, 6.45) is 1.50. The number of esters is 1. The van der Waals surface area contributed by atoms with Crippen molar-refractivity contribution in [1.29, 1.82) is 5.26 Å². The normalized spacial score (nSPS) is 10.2. The number of hydrogen-bond donors (Lipinski definition) is 0. The molecule has 0 bridgehead atoms. The Hall–Kier alpha value is -4.19. The summed E-state index contributed by atoms with van der Waals surface area (Å²) in [5.41, 5.74) is 1.70. The molecular weight excluding hydrogens is 376 g/mol. The second kappa shape index (κ2) is 8.67. The van der Waals surface area contributed by atoms with Crippen molar-refractivity contribution in [2.24, 2.45) is 0 Å². The molecule has 146 valence electrons. The van der Waals surface area contributed by atoms with E-state index in [-0.39, 0.29) is 30.3 Å². The predicted octanol–water partition coefficient (Wildman–Crippen LogP) is 3.41. The van der Waals surface area contributed by atoms with Gasteiger partial charge in [0.05, 0.1) is 35.0 Å². The average Bonchev–Trinajstić information content (AvgIpc) is 3.17. The van der Waals surface area contributed by atoms with Gasteiger partial charge in [-0.05, 0) is 36.8 Å². The van der Waals surface area contributed by atoms with E-state index in [1.165, 1.54) is 35.1 Å². The number of nitrogens with zero attached hydrogens (tertiary/aromatic N) is 4. The predicted molar refractivity (Wildman–Crippen MR) is 102 cm³/mol. The molecule has 0 radical (unpaired) electrons. The topological polar surface area (TPSA) is 120 Å². The number of carbonyl (C=O) groups is 1. The van der Waals surface area contributed by atoms with E-state index in [1.54, 1.807) is 31.2 Å². The van der Waals surface area contributed by atoms with Crippen molar-refractivity contribution in [1.82, 2.24) is 9.78 Å². The number of hydrogen-bond acceptors (Lipinski definition) is 7. The Labute approximate surface area is 165 Å². The van der Waals surface area contributed by atoms with Gasteiger partial charge in [0.1, 0.15) is 6.61 Å². The van der Waals surface area contributed by atoms with Gasteiger partial charge in [0.15, 0.2) is 5.75 Å². The van der Waals surface area contributed by atoms with Gasteiger partial charge >= 0.3 is 5.97 Å². The number of benzene rings is 2. The minimum Gasteiger partial charge on any atom is -0.485 e. The largest absolute Gasteiger partial charge is 0.485 e. The maximum atomic E-state index is 12.3. The molecule has 0 aliphatic heterocycles. The van der Waals surface area contributed by atoms with Crippen LogP contribution >= 0.6 is 0 Å². The molecule has 29 heavy (non-hydrogen) atoms. The lowest BCUT2D eigenvalue weighted by molar-refractivity contribution is -0.384. The van der Waals surface area contributed by atoms with Crippen LogP contribution in [-0.4, -0.2) is 27.3 Å². The number of nitro benzene ring substituents is 1. The first-order valence-electron chi connectivity index (χ1n) is 8.65. The van der Waals surface area contributed by atoms with Crippen LogP contribution in [0.15, 0.2) is 54.7 Å². The molecule has 9 heteroatoms. The van der Waals surface area contributed by atoms with Gasteiger partial charge in [-0.25, -0.2) is 9.48 Å². The Morgan fingerprint density at radius 3 is 2.69 bits per heavy atom. The Kier molecular flexibility index (Phi) is 5.85. The van der Waals surface area contributed by atoms with E-state index >= 15 is 0 Å². The molecule has 0 aliphatic carbocycles. The molecule has 0 N–H and O–H groups in total. The number of rotatable bonds is 7. The molecule has 2 aromatic carbocycles. The summed E-state index contributed by atoms with van der Waals surface area (Å²) in [5.74, 6) is -0.446. The van der Waals surface area contributed by atoms with Crippen LogP contribution in [0.2, 0.25) is 0 Å². The third kappa shape index (κ3) is 4.56. The van der Waals surface area contributed by atoms with Crippen molar-refractivity contribution >= 4 is 11.7 Å². The lowest BCUT2D eigenvalue weighted by Crippen LogP contribution is -2.08. The minimum atomic E-state index is -0.645. The van der Waals surface area contributed by atoms with Crippen molar-refractivity contribution in [2.45, 2.75) is 13.5 Å². The highest BCUT2D eigenvalue weighted by atomic mass is 16.6. The first kappa shape index (κ1) is 19.6. The van der Waals surface area contributed by atoms with Crippen LogP contribution in [0.25, 0.3) is 5.69 Å². The molecule has 0 unspecified atom stereocenters. The second-order valence-corrected chi connectivity index (χ2v) is 5.88. The average molecular weight is 392 g/mol. The summed E-state index contributed by atoms with van der Waals surface area (Å²) in [5, 5.41) is 24.0. The maximum absolute atomic E-state index is 12.3. The van der Waals surface area contributed by atoms with Crippen molar-refractivity contribution in [3.63, 3.8) is 0 Å².